The van der Waals surface area contributed by atoms with Gasteiger partial charge >= 0.3 is 5.97 Å². The Hall–Kier alpha value is -4.91. The zero-order valence-electron chi connectivity index (χ0n) is 28.7. The molecule has 2 saturated heterocycles. The molecule has 0 aromatic heterocycles. The first-order valence-corrected chi connectivity index (χ1v) is 18.1. The number of carboxylic acids is 1. The number of amides is 4. The standard InChI is InChI=1S/C39H37Cl2N3O9/c1-52-24-11-6-22(7-12-24)39-29(36(49)44(38(39)51)42-31-15-8-23(40)19-30(31)41)20-28-26(34(39)21-4-9-25(10-5-21)53-18-17-45)13-14-27-33(28)37(50)43(35(27)48)16-2-3-32(46)47/h4-13,15,19,27-29,33-34,42,45H,2-3,14,16-18,20H2,1H3,(H,46,47)/t27-,28+,29-,33-,34-,39+/m0/s1. The lowest BCUT2D eigenvalue weighted by atomic mass is 9.49. The molecule has 0 radical (unpaired) electrons. The molecule has 7 rings (SSSR count). The number of fused-ring (bicyclic) bond motifs is 4. The number of anilines is 1. The van der Waals surface area contributed by atoms with Crippen molar-refractivity contribution in [2.24, 2.45) is 23.7 Å². The number of methoxy groups -OCH3 is 1. The van der Waals surface area contributed by atoms with E-state index in [1.54, 1.807) is 48.5 Å². The Kier molecular flexibility index (Phi) is 9.96. The van der Waals surface area contributed by atoms with Crippen molar-refractivity contribution in [3.63, 3.8) is 0 Å². The first-order chi connectivity index (χ1) is 25.5. The highest BCUT2D eigenvalue weighted by Crippen LogP contribution is 2.64. The number of halogens is 2. The Morgan fingerprint density at radius 2 is 1.66 bits per heavy atom. The van der Waals surface area contributed by atoms with Gasteiger partial charge in [-0.25, -0.2) is 0 Å². The van der Waals surface area contributed by atoms with Gasteiger partial charge in [0.05, 0.1) is 47.6 Å². The topological polar surface area (TPSA) is 163 Å². The number of benzene rings is 3. The number of nitrogens with zero attached hydrogens (tertiary/aromatic N) is 2. The fraction of sp³-hybridized carbons (Fsp3) is 0.359. The number of carboxylic acid groups (broad SMARTS) is 1. The third-order valence-corrected chi connectivity index (χ3v) is 11.6. The van der Waals surface area contributed by atoms with E-state index in [0.29, 0.717) is 27.6 Å². The van der Waals surface area contributed by atoms with Crippen molar-refractivity contribution >= 4 is 58.5 Å². The minimum atomic E-state index is -1.52. The number of aliphatic carboxylic acids is 1. The van der Waals surface area contributed by atoms with Crippen LogP contribution in [0.3, 0.4) is 0 Å². The van der Waals surface area contributed by atoms with Crippen LogP contribution in [0.15, 0.2) is 78.4 Å². The molecule has 1 saturated carbocycles. The lowest BCUT2D eigenvalue weighted by Gasteiger charge is -2.50. The van der Waals surface area contributed by atoms with Crippen LogP contribution in [0.25, 0.3) is 0 Å². The molecule has 0 bridgehead atoms. The van der Waals surface area contributed by atoms with Gasteiger partial charge in [0.2, 0.25) is 11.8 Å². The van der Waals surface area contributed by atoms with Crippen molar-refractivity contribution in [3.8, 4) is 11.5 Å². The van der Waals surface area contributed by atoms with Gasteiger partial charge in [0, 0.05) is 23.9 Å². The minimum Gasteiger partial charge on any atom is -0.497 e. The van der Waals surface area contributed by atoms with Gasteiger partial charge in [0.1, 0.15) is 18.1 Å². The minimum absolute atomic E-state index is 0.0199. The lowest BCUT2D eigenvalue weighted by molar-refractivity contribution is -0.142. The first-order valence-electron chi connectivity index (χ1n) is 17.4. The number of carbonyl (C=O) groups is 5. The molecule has 3 N–H and O–H groups in total. The average molecular weight is 763 g/mol. The number of hydrogen-bond acceptors (Lipinski definition) is 9. The van der Waals surface area contributed by atoms with Crippen LogP contribution in [0.2, 0.25) is 10.0 Å². The molecule has 2 heterocycles. The van der Waals surface area contributed by atoms with E-state index in [1.165, 1.54) is 18.1 Å². The van der Waals surface area contributed by atoms with Gasteiger partial charge in [-0.15, -0.1) is 0 Å². The van der Waals surface area contributed by atoms with Gasteiger partial charge in [-0.2, -0.15) is 5.01 Å². The SMILES string of the molecule is COc1ccc([C@@]23C(=O)N(Nc4ccc(Cl)cc4Cl)C(=O)[C@@H]2C[C@@H]2C(=CC[C@@H]4C(=O)N(CCCC(=O)O)C(=O)[C@@H]42)[C@@H]3c2ccc(OCCO)cc2)cc1. The van der Waals surface area contributed by atoms with Crippen LogP contribution in [-0.4, -0.2) is 76.6 Å². The molecule has 4 aliphatic rings. The summed E-state index contributed by atoms with van der Waals surface area (Å²) >= 11 is 12.7. The second-order valence-corrected chi connectivity index (χ2v) is 14.5. The molecule has 14 heteroatoms. The number of ether oxygens (including phenoxy) is 2. The summed E-state index contributed by atoms with van der Waals surface area (Å²) < 4.78 is 11.1. The number of likely N-dealkylation sites (tertiary alicyclic amines) is 1. The van der Waals surface area contributed by atoms with Crippen LogP contribution in [0.1, 0.15) is 42.7 Å². The lowest BCUT2D eigenvalue weighted by Crippen LogP contribution is -2.53. The number of rotatable bonds is 12. The Bertz CT molecular complexity index is 2000. The van der Waals surface area contributed by atoms with E-state index in [1.807, 2.05) is 18.2 Å². The third kappa shape index (κ3) is 6.12. The summed E-state index contributed by atoms with van der Waals surface area (Å²) in [6.45, 7) is -0.119. The number of imide groups is 2. The maximum absolute atomic E-state index is 15.3. The number of nitrogens with one attached hydrogen (secondary N) is 1. The zero-order valence-corrected chi connectivity index (χ0v) is 30.2. The fourth-order valence-corrected chi connectivity index (χ4v) is 9.26. The van der Waals surface area contributed by atoms with Gasteiger partial charge in [-0.3, -0.25) is 34.3 Å². The number of aliphatic hydroxyl groups is 1. The Morgan fingerprint density at radius 3 is 2.32 bits per heavy atom. The molecule has 2 aliphatic carbocycles. The van der Waals surface area contributed by atoms with Crippen LogP contribution in [0, 0.1) is 23.7 Å². The fourth-order valence-electron chi connectivity index (χ4n) is 8.81. The van der Waals surface area contributed by atoms with Crippen molar-refractivity contribution in [2.75, 3.05) is 32.3 Å². The Morgan fingerprint density at radius 1 is 0.943 bits per heavy atom. The second-order valence-electron chi connectivity index (χ2n) is 13.7. The first kappa shape index (κ1) is 36.4. The van der Waals surface area contributed by atoms with Gasteiger partial charge in [-0.05, 0) is 78.8 Å². The van der Waals surface area contributed by atoms with E-state index >= 15 is 4.79 Å². The molecule has 2 aliphatic heterocycles. The number of carbonyl (C=O) groups excluding carboxylic acids is 4. The molecule has 276 valence electrons. The zero-order chi connectivity index (χ0) is 37.6. The van der Waals surface area contributed by atoms with Crippen LogP contribution < -0.4 is 14.9 Å². The second kappa shape index (κ2) is 14.5. The predicted octanol–water partition coefficient (Wildman–Crippen LogP) is 5.22. The number of allylic oxidation sites excluding steroid dienone is 2. The quantitative estimate of drug-likeness (QED) is 0.165. The summed E-state index contributed by atoms with van der Waals surface area (Å²) in [5, 5.41) is 20.1. The largest absolute Gasteiger partial charge is 0.497 e. The molecule has 53 heavy (non-hydrogen) atoms. The van der Waals surface area contributed by atoms with Crippen LogP contribution in [0.4, 0.5) is 5.69 Å². The molecule has 6 atom stereocenters. The highest BCUT2D eigenvalue weighted by Gasteiger charge is 2.70. The summed E-state index contributed by atoms with van der Waals surface area (Å²) in [7, 11) is 1.53. The molecule has 0 unspecified atom stereocenters. The van der Waals surface area contributed by atoms with Crippen molar-refractivity contribution in [3.05, 3.63) is 99.6 Å². The molecular weight excluding hydrogens is 725 g/mol. The molecule has 3 aromatic rings. The number of hydrogen-bond donors (Lipinski definition) is 3. The van der Waals surface area contributed by atoms with E-state index in [9.17, 15) is 29.4 Å². The van der Waals surface area contributed by atoms with Gasteiger partial charge < -0.3 is 19.7 Å². The third-order valence-electron chi connectivity index (χ3n) is 11.0. The van der Waals surface area contributed by atoms with Crippen molar-refractivity contribution in [1.29, 1.82) is 0 Å². The molecule has 3 aromatic carbocycles. The summed E-state index contributed by atoms with van der Waals surface area (Å²) in [6, 6.07) is 18.8. The van der Waals surface area contributed by atoms with Crippen molar-refractivity contribution in [1.82, 2.24) is 9.91 Å². The Labute approximate surface area is 315 Å². The molecule has 0 spiro atoms. The van der Waals surface area contributed by atoms with Crippen LogP contribution >= 0.6 is 23.2 Å². The molecule has 12 nitrogen and oxygen atoms in total. The van der Waals surface area contributed by atoms with E-state index in [-0.39, 0.29) is 62.1 Å². The highest BCUT2D eigenvalue weighted by atomic mass is 35.5. The van der Waals surface area contributed by atoms with E-state index in [4.69, 9.17) is 32.7 Å². The van der Waals surface area contributed by atoms with Crippen LogP contribution in [0.5, 0.6) is 11.5 Å². The number of aliphatic hydroxyl groups excluding tert-OH is 1. The summed E-state index contributed by atoms with van der Waals surface area (Å²) in [5.41, 5.74) is 3.74. The van der Waals surface area contributed by atoms with Crippen molar-refractivity contribution < 1.29 is 43.7 Å². The smallest absolute Gasteiger partial charge is 0.303 e. The van der Waals surface area contributed by atoms with Crippen LogP contribution in [-0.2, 0) is 29.4 Å². The Balaban J connectivity index is 1.39. The summed E-state index contributed by atoms with van der Waals surface area (Å²) in [6.07, 6.45) is 2.20. The van der Waals surface area contributed by atoms with Crippen molar-refractivity contribution in [2.45, 2.75) is 37.0 Å². The van der Waals surface area contributed by atoms with E-state index in [0.717, 1.165) is 10.6 Å². The normalized spacial score (nSPS) is 26.2. The van der Waals surface area contributed by atoms with Gasteiger partial charge in [-0.1, -0.05) is 59.1 Å². The summed E-state index contributed by atoms with van der Waals surface area (Å²) in [5.74, 6) is -5.63. The van der Waals surface area contributed by atoms with E-state index in [2.05, 4.69) is 5.43 Å². The maximum Gasteiger partial charge on any atom is 0.303 e. The molecule has 4 amide bonds. The summed E-state index contributed by atoms with van der Waals surface area (Å²) in [4.78, 5) is 70.4. The van der Waals surface area contributed by atoms with E-state index < -0.39 is 58.7 Å². The molecule has 3 fully saturated rings. The average Bonchev–Trinajstić information content (AvgIpc) is 3.52. The molecular formula is C39H37Cl2N3O9. The predicted molar refractivity (Wildman–Crippen MR) is 193 cm³/mol. The number of hydrazine groups is 1. The van der Waals surface area contributed by atoms with Gasteiger partial charge in [0.25, 0.3) is 11.8 Å². The van der Waals surface area contributed by atoms with Gasteiger partial charge in [0.15, 0.2) is 0 Å². The maximum atomic E-state index is 15.3. The highest BCUT2D eigenvalue weighted by molar-refractivity contribution is 6.36. The monoisotopic (exact) mass is 761 g/mol.